The van der Waals surface area contributed by atoms with Crippen molar-refractivity contribution in [3.8, 4) is 0 Å². The highest BCUT2D eigenvalue weighted by Crippen LogP contribution is 2.46. The second kappa shape index (κ2) is 5.66. The lowest BCUT2D eigenvalue weighted by molar-refractivity contribution is -0.252. The molecule has 0 bridgehead atoms. The molecular weight excluding hydrogens is 330 g/mol. The molecule has 2 atom stereocenters. The van der Waals surface area contributed by atoms with Gasteiger partial charge in [0.15, 0.2) is 5.60 Å². The van der Waals surface area contributed by atoms with Gasteiger partial charge in [0, 0.05) is 30.6 Å². The number of amides is 1. The van der Waals surface area contributed by atoms with Gasteiger partial charge in [0.2, 0.25) is 5.91 Å². The molecular formula is C15H17F4N3O2. The quantitative estimate of drug-likeness (QED) is 0.711. The fourth-order valence-corrected chi connectivity index (χ4v) is 2.92. The molecule has 1 saturated heterocycles. The monoisotopic (exact) mass is 347 g/mol. The van der Waals surface area contributed by atoms with Crippen molar-refractivity contribution >= 4 is 5.91 Å². The minimum absolute atomic E-state index is 0.215. The highest BCUT2D eigenvalue weighted by molar-refractivity contribution is 5.82. The number of nitrogens with one attached hydrogen (secondary N) is 2. The summed E-state index contributed by atoms with van der Waals surface area (Å²) in [6.07, 6.45) is -2.89. The molecule has 1 aromatic heterocycles. The zero-order valence-electron chi connectivity index (χ0n) is 12.7. The van der Waals surface area contributed by atoms with Crippen molar-refractivity contribution in [1.82, 2.24) is 15.6 Å². The Morgan fingerprint density at radius 3 is 2.62 bits per heavy atom. The van der Waals surface area contributed by atoms with E-state index in [2.05, 4.69) is 15.6 Å². The highest BCUT2D eigenvalue weighted by Gasteiger charge is 2.58. The summed E-state index contributed by atoms with van der Waals surface area (Å²) in [5.74, 6) is -1.05. The minimum atomic E-state index is -4.79. The third-order valence-corrected chi connectivity index (χ3v) is 4.75. The third-order valence-electron chi connectivity index (χ3n) is 4.75. The molecule has 1 amide bonds. The van der Waals surface area contributed by atoms with Gasteiger partial charge >= 0.3 is 6.18 Å². The van der Waals surface area contributed by atoms with Gasteiger partial charge in [-0.1, -0.05) is 0 Å². The summed E-state index contributed by atoms with van der Waals surface area (Å²) in [7, 11) is 0. The molecule has 1 saturated carbocycles. The molecule has 0 radical (unpaired) electrons. The molecule has 0 unspecified atom stereocenters. The maximum atomic E-state index is 12.9. The first kappa shape index (κ1) is 17.1. The second-order valence-corrected chi connectivity index (χ2v) is 6.53. The van der Waals surface area contributed by atoms with Crippen LogP contribution in [-0.4, -0.2) is 46.9 Å². The summed E-state index contributed by atoms with van der Waals surface area (Å²) in [4.78, 5) is 16.1. The van der Waals surface area contributed by atoms with Crippen LogP contribution in [0.15, 0.2) is 18.3 Å². The number of β-amino-alcohol motifs (C(OH)–C–C–N with tert-alkyl or cyclic N) is 1. The molecule has 2 heterocycles. The number of nitrogens with zero attached hydrogens (tertiary/aromatic N) is 1. The fourth-order valence-electron chi connectivity index (χ4n) is 2.92. The number of carbonyl (C=O) groups is 1. The number of hydrogen-bond donors (Lipinski definition) is 3. The van der Waals surface area contributed by atoms with Crippen LogP contribution in [0.25, 0.3) is 0 Å². The number of carbonyl (C=O) groups excluding carboxylic acids is 1. The van der Waals surface area contributed by atoms with E-state index in [0.29, 0.717) is 5.69 Å². The van der Waals surface area contributed by atoms with Gasteiger partial charge in [0.05, 0.1) is 12.2 Å². The van der Waals surface area contributed by atoms with Crippen molar-refractivity contribution in [3.63, 3.8) is 0 Å². The summed E-state index contributed by atoms with van der Waals surface area (Å²) in [5.41, 5.74) is -2.62. The Labute approximate surface area is 135 Å². The Morgan fingerprint density at radius 1 is 1.42 bits per heavy atom. The first-order valence-electron chi connectivity index (χ1n) is 7.58. The number of halogens is 4. The van der Waals surface area contributed by atoms with Gasteiger partial charge in [-0.05, 0) is 25.0 Å². The molecule has 3 rings (SSSR count). The largest absolute Gasteiger partial charge is 0.418 e. The van der Waals surface area contributed by atoms with Crippen molar-refractivity contribution in [2.45, 2.75) is 42.5 Å². The average molecular weight is 347 g/mol. The van der Waals surface area contributed by atoms with E-state index in [9.17, 15) is 27.5 Å². The van der Waals surface area contributed by atoms with Crippen LogP contribution in [0, 0.1) is 5.82 Å². The molecule has 1 aliphatic carbocycles. The normalized spacial score (nSPS) is 28.6. The lowest BCUT2D eigenvalue weighted by atomic mass is 9.98. The van der Waals surface area contributed by atoms with Crippen molar-refractivity contribution < 1.29 is 27.5 Å². The van der Waals surface area contributed by atoms with Crippen LogP contribution in [0.5, 0.6) is 0 Å². The van der Waals surface area contributed by atoms with Gasteiger partial charge in [0.1, 0.15) is 5.82 Å². The molecule has 2 fully saturated rings. The Kier molecular flexibility index (Phi) is 4.03. The van der Waals surface area contributed by atoms with Crippen LogP contribution in [0.2, 0.25) is 0 Å². The van der Waals surface area contributed by atoms with Gasteiger partial charge in [-0.15, -0.1) is 0 Å². The highest BCUT2D eigenvalue weighted by atomic mass is 19.4. The second-order valence-electron chi connectivity index (χ2n) is 6.53. The van der Waals surface area contributed by atoms with Crippen molar-refractivity contribution in [2.24, 2.45) is 0 Å². The first-order chi connectivity index (χ1) is 11.2. The Balaban J connectivity index is 1.58. The van der Waals surface area contributed by atoms with Crippen molar-refractivity contribution in [1.29, 1.82) is 0 Å². The van der Waals surface area contributed by atoms with Crippen LogP contribution in [0.3, 0.4) is 0 Å². The van der Waals surface area contributed by atoms with E-state index in [0.717, 1.165) is 19.0 Å². The summed E-state index contributed by atoms with van der Waals surface area (Å²) in [6, 6.07) is 1.73. The summed E-state index contributed by atoms with van der Waals surface area (Å²) >= 11 is 0. The molecule has 24 heavy (non-hydrogen) atoms. The van der Waals surface area contributed by atoms with Crippen molar-refractivity contribution in [2.75, 3.05) is 13.1 Å². The molecule has 9 heteroatoms. The Bertz CT molecular complexity index is 631. The molecule has 2 aliphatic rings. The third kappa shape index (κ3) is 3.10. The number of hydrogen-bond acceptors (Lipinski definition) is 4. The zero-order valence-corrected chi connectivity index (χ0v) is 12.7. The molecule has 132 valence electrons. The molecule has 0 aromatic carbocycles. The SMILES string of the molecule is O=C(NCC1(c2ccc(F)cn2)CC1)[C@@H]1C[C@@](O)(C(F)(F)F)CN1. The van der Waals surface area contributed by atoms with Gasteiger partial charge in [-0.2, -0.15) is 13.2 Å². The van der Waals surface area contributed by atoms with Gasteiger partial charge in [0.25, 0.3) is 0 Å². The number of aromatic nitrogens is 1. The Morgan fingerprint density at radius 2 is 2.12 bits per heavy atom. The molecule has 3 N–H and O–H groups in total. The number of pyridine rings is 1. The van der Waals surface area contributed by atoms with E-state index in [-0.39, 0.29) is 12.0 Å². The maximum absolute atomic E-state index is 12.9. The molecule has 1 aliphatic heterocycles. The Hall–Kier alpha value is -1.74. The number of aliphatic hydroxyl groups is 1. The van der Waals surface area contributed by atoms with E-state index >= 15 is 0 Å². The first-order valence-corrected chi connectivity index (χ1v) is 7.58. The van der Waals surface area contributed by atoms with E-state index in [1.54, 1.807) is 6.07 Å². The van der Waals surface area contributed by atoms with Crippen molar-refractivity contribution in [3.05, 3.63) is 29.8 Å². The average Bonchev–Trinajstić information content (AvgIpc) is 3.19. The van der Waals surface area contributed by atoms with Gasteiger partial charge in [-0.3, -0.25) is 9.78 Å². The van der Waals surface area contributed by atoms with Crippen LogP contribution < -0.4 is 10.6 Å². The van der Waals surface area contributed by atoms with Crippen LogP contribution in [0.1, 0.15) is 25.0 Å². The molecule has 0 spiro atoms. The number of alkyl halides is 3. The van der Waals surface area contributed by atoms with Crippen LogP contribution >= 0.6 is 0 Å². The van der Waals surface area contributed by atoms with E-state index < -0.39 is 42.5 Å². The zero-order chi connectivity index (χ0) is 17.6. The van der Waals surface area contributed by atoms with E-state index in [4.69, 9.17) is 0 Å². The lowest BCUT2D eigenvalue weighted by Crippen LogP contribution is -2.47. The topological polar surface area (TPSA) is 74.2 Å². The predicted molar refractivity (Wildman–Crippen MR) is 75.5 cm³/mol. The molecule has 5 nitrogen and oxygen atoms in total. The minimum Gasteiger partial charge on any atom is -0.379 e. The van der Waals surface area contributed by atoms with E-state index in [1.165, 1.54) is 6.07 Å². The summed E-state index contributed by atoms with van der Waals surface area (Å²) in [6.45, 7) is -0.494. The van der Waals surface area contributed by atoms with Crippen LogP contribution in [-0.2, 0) is 10.2 Å². The number of rotatable bonds is 4. The smallest absolute Gasteiger partial charge is 0.379 e. The fraction of sp³-hybridized carbons (Fsp3) is 0.600. The van der Waals surface area contributed by atoms with Gasteiger partial charge < -0.3 is 15.7 Å². The summed E-state index contributed by atoms with van der Waals surface area (Å²) < 4.78 is 51.2. The molecule has 1 aromatic rings. The van der Waals surface area contributed by atoms with Crippen LogP contribution in [0.4, 0.5) is 17.6 Å². The van der Waals surface area contributed by atoms with Gasteiger partial charge in [-0.25, -0.2) is 4.39 Å². The lowest BCUT2D eigenvalue weighted by Gasteiger charge is -2.24. The predicted octanol–water partition coefficient (Wildman–Crippen LogP) is 1.02. The summed E-state index contributed by atoms with van der Waals surface area (Å²) in [5, 5.41) is 14.6. The maximum Gasteiger partial charge on any atom is 0.418 e. The van der Waals surface area contributed by atoms with E-state index in [1.807, 2.05) is 0 Å². The standard InChI is InChI=1S/C15H17F4N3O2/c16-9-1-2-11(20-6-9)13(3-4-13)7-22-12(23)10-5-14(24,8-21-10)15(17,18)19/h1-2,6,10,21,24H,3-5,7-8H2,(H,22,23)/t10-,14-/m0/s1.